The van der Waals surface area contributed by atoms with Gasteiger partial charge < -0.3 is 5.11 Å². The van der Waals surface area contributed by atoms with E-state index in [1.54, 1.807) is 0 Å². The zero-order chi connectivity index (χ0) is 10.0. The maximum Gasteiger partial charge on any atom is 0.284 e. The van der Waals surface area contributed by atoms with Crippen LogP contribution in [0.1, 0.15) is 17.7 Å². The Morgan fingerprint density at radius 1 is 1.62 bits per heavy atom. The molecule has 13 heavy (non-hydrogen) atoms. The van der Waals surface area contributed by atoms with E-state index in [1.807, 2.05) is 22.6 Å². The summed E-state index contributed by atoms with van der Waals surface area (Å²) in [6.45, 7) is 0. The van der Waals surface area contributed by atoms with Gasteiger partial charge in [0.2, 0.25) is 0 Å². The fourth-order valence-electron chi connectivity index (χ4n) is 0.783. The molecule has 0 aliphatic rings. The smallest absolute Gasteiger partial charge is 0.284 e. The van der Waals surface area contributed by atoms with Crippen LogP contribution < -0.4 is 0 Å². The molecule has 0 amide bonds. The third kappa shape index (κ3) is 2.28. The van der Waals surface area contributed by atoms with E-state index in [4.69, 9.17) is 0 Å². The van der Waals surface area contributed by atoms with Gasteiger partial charge in [-0.3, -0.25) is 4.98 Å². The molecule has 72 valence electrons. The normalized spacial score (nSPS) is 10.8. The molecule has 0 aromatic carbocycles. The van der Waals surface area contributed by atoms with Gasteiger partial charge in [0.25, 0.3) is 6.43 Å². The fourth-order valence-corrected chi connectivity index (χ4v) is 2.34. The van der Waals surface area contributed by atoms with E-state index in [2.05, 4.69) is 20.9 Å². The molecule has 1 aromatic rings. The highest BCUT2D eigenvalue weighted by atomic mass is 127. The van der Waals surface area contributed by atoms with Crippen molar-refractivity contribution in [3.8, 4) is 5.75 Å². The number of rotatable bonds is 2. The number of hydrogen-bond acceptors (Lipinski definition) is 2. The summed E-state index contributed by atoms with van der Waals surface area (Å²) in [6.07, 6.45) is -1.41. The molecule has 1 rings (SSSR count). The van der Waals surface area contributed by atoms with Crippen LogP contribution in [0.3, 0.4) is 0 Å². The molecule has 0 saturated heterocycles. The van der Waals surface area contributed by atoms with Crippen molar-refractivity contribution >= 4 is 38.5 Å². The first-order valence-corrected chi connectivity index (χ1v) is 5.48. The van der Waals surface area contributed by atoms with Crippen molar-refractivity contribution in [2.75, 3.05) is 0 Å². The number of aromatic hydroxyl groups is 1. The van der Waals surface area contributed by atoms with Crippen LogP contribution in [-0.2, 0) is 5.33 Å². The lowest BCUT2D eigenvalue weighted by molar-refractivity contribution is 0.141. The Morgan fingerprint density at radius 3 is 2.69 bits per heavy atom. The number of halogens is 4. The van der Waals surface area contributed by atoms with Crippen LogP contribution in [0.15, 0.2) is 6.20 Å². The van der Waals surface area contributed by atoms with E-state index in [1.165, 1.54) is 6.20 Å². The van der Waals surface area contributed by atoms with Crippen molar-refractivity contribution in [1.29, 1.82) is 0 Å². The minimum atomic E-state index is -2.74. The van der Waals surface area contributed by atoms with Gasteiger partial charge in [0.05, 0.1) is 3.57 Å². The van der Waals surface area contributed by atoms with Crippen molar-refractivity contribution in [3.63, 3.8) is 0 Å². The first kappa shape index (κ1) is 11.1. The van der Waals surface area contributed by atoms with Crippen molar-refractivity contribution in [2.24, 2.45) is 0 Å². The van der Waals surface area contributed by atoms with Crippen LogP contribution in [-0.4, -0.2) is 10.1 Å². The van der Waals surface area contributed by atoms with Gasteiger partial charge in [0.15, 0.2) is 5.75 Å². The Hall–Kier alpha value is 0.0200. The van der Waals surface area contributed by atoms with Gasteiger partial charge in [0, 0.05) is 11.5 Å². The third-order valence-corrected chi connectivity index (χ3v) is 3.25. The summed E-state index contributed by atoms with van der Waals surface area (Å²) in [5.41, 5.74) is 0.136. The van der Waals surface area contributed by atoms with Gasteiger partial charge in [-0.15, -0.1) is 0 Å². The average Bonchev–Trinajstić information content (AvgIpc) is 2.09. The lowest BCUT2D eigenvalue weighted by Gasteiger charge is -2.06. The zero-order valence-electron chi connectivity index (χ0n) is 6.27. The molecule has 1 N–H and O–H groups in total. The summed E-state index contributed by atoms with van der Waals surface area (Å²) in [7, 11) is 0. The SMILES string of the molecule is Oc1c(C(F)F)ncc(CBr)c1I. The molecule has 0 saturated carbocycles. The fraction of sp³-hybridized carbons (Fsp3) is 0.286. The number of pyridine rings is 1. The quantitative estimate of drug-likeness (QED) is 0.646. The number of nitrogens with zero attached hydrogens (tertiary/aromatic N) is 1. The third-order valence-electron chi connectivity index (χ3n) is 1.44. The van der Waals surface area contributed by atoms with E-state index >= 15 is 0 Å². The highest BCUT2D eigenvalue weighted by Crippen LogP contribution is 2.32. The largest absolute Gasteiger partial charge is 0.505 e. The first-order valence-electron chi connectivity index (χ1n) is 3.28. The minimum absolute atomic E-state index is 0.416. The van der Waals surface area contributed by atoms with Crippen LogP contribution in [0.5, 0.6) is 5.75 Å². The van der Waals surface area contributed by atoms with Crippen molar-refractivity contribution < 1.29 is 13.9 Å². The minimum Gasteiger partial charge on any atom is -0.505 e. The lowest BCUT2D eigenvalue weighted by Crippen LogP contribution is -1.96. The van der Waals surface area contributed by atoms with Crippen molar-refractivity contribution in [2.45, 2.75) is 11.8 Å². The lowest BCUT2D eigenvalue weighted by atomic mass is 10.2. The van der Waals surface area contributed by atoms with E-state index in [0.29, 0.717) is 14.5 Å². The van der Waals surface area contributed by atoms with Crippen LogP contribution in [0.4, 0.5) is 8.78 Å². The molecular formula is C7H5BrF2INO. The summed E-state index contributed by atoms with van der Waals surface area (Å²) in [5.74, 6) is -0.424. The molecule has 0 bridgehead atoms. The van der Waals surface area contributed by atoms with E-state index in [9.17, 15) is 13.9 Å². The Bertz CT molecular complexity index is 322. The topological polar surface area (TPSA) is 33.1 Å². The Kier molecular flexibility index (Phi) is 3.84. The molecule has 0 aliphatic carbocycles. The summed E-state index contributed by atoms with van der Waals surface area (Å²) in [4.78, 5) is 3.47. The van der Waals surface area contributed by atoms with Crippen LogP contribution in [0.25, 0.3) is 0 Å². The van der Waals surface area contributed by atoms with Gasteiger partial charge in [-0.25, -0.2) is 8.78 Å². The van der Waals surface area contributed by atoms with E-state index in [0.717, 1.165) is 0 Å². The first-order chi connectivity index (χ1) is 6.07. The highest BCUT2D eigenvalue weighted by Gasteiger charge is 2.18. The maximum absolute atomic E-state index is 12.2. The molecule has 6 heteroatoms. The predicted octanol–water partition coefficient (Wildman–Crippen LogP) is 3.22. The molecule has 0 aliphatic heterocycles. The second-order valence-corrected chi connectivity index (χ2v) is 3.91. The molecule has 0 fully saturated rings. The molecule has 0 spiro atoms. The Labute approximate surface area is 95.6 Å². The Balaban J connectivity index is 3.23. The van der Waals surface area contributed by atoms with Gasteiger partial charge >= 0.3 is 0 Å². The van der Waals surface area contributed by atoms with E-state index in [-0.39, 0.29) is 0 Å². The van der Waals surface area contributed by atoms with Gasteiger partial charge in [-0.1, -0.05) is 15.9 Å². The molecule has 0 atom stereocenters. The van der Waals surface area contributed by atoms with Gasteiger partial charge in [-0.2, -0.15) is 0 Å². The number of aromatic nitrogens is 1. The predicted molar refractivity (Wildman–Crippen MR) is 56.2 cm³/mol. The second kappa shape index (κ2) is 4.50. The molecule has 1 aromatic heterocycles. The number of alkyl halides is 3. The summed E-state index contributed by atoms with van der Waals surface area (Å²) >= 11 is 4.97. The van der Waals surface area contributed by atoms with Crippen molar-refractivity contribution in [1.82, 2.24) is 4.98 Å². The van der Waals surface area contributed by atoms with Crippen LogP contribution in [0, 0.1) is 3.57 Å². The summed E-state index contributed by atoms with van der Waals surface area (Å²) in [6, 6.07) is 0. The second-order valence-electron chi connectivity index (χ2n) is 2.27. The standard InChI is InChI=1S/C7H5BrF2INO/c8-1-3-2-12-5(7(9)10)6(13)4(3)11/h2,7,13H,1H2. The molecular weight excluding hydrogens is 359 g/mol. The molecule has 0 unspecified atom stereocenters. The zero-order valence-corrected chi connectivity index (χ0v) is 10.0. The van der Waals surface area contributed by atoms with Crippen LogP contribution >= 0.6 is 38.5 Å². The van der Waals surface area contributed by atoms with Gasteiger partial charge in [0.1, 0.15) is 5.69 Å². The molecule has 2 nitrogen and oxygen atoms in total. The summed E-state index contributed by atoms with van der Waals surface area (Å²) in [5, 5.41) is 9.79. The maximum atomic E-state index is 12.2. The Morgan fingerprint density at radius 2 is 2.23 bits per heavy atom. The highest BCUT2D eigenvalue weighted by molar-refractivity contribution is 14.1. The van der Waals surface area contributed by atoms with Gasteiger partial charge in [-0.05, 0) is 28.2 Å². The monoisotopic (exact) mass is 363 g/mol. The molecule has 1 heterocycles. The molecule has 0 radical (unpaired) electrons. The average molecular weight is 364 g/mol. The van der Waals surface area contributed by atoms with Crippen LogP contribution in [0.2, 0.25) is 0 Å². The number of hydrogen-bond donors (Lipinski definition) is 1. The van der Waals surface area contributed by atoms with E-state index < -0.39 is 17.9 Å². The van der Waals surface area contributed by atoms with Crippen molar-refractivity contribution in [3.05, 3.63) is 21.0 Å². The summed E-state index contributed by atoms with van der Waals surface area (Å²) < 4.78 is 24.8.